The molecule has 134 valence electrons. The topological polar surface area (TPSA) is 74.3 Å². The first kappa shape index (κ1) is 18.0. The van der Waals surface area contributed by atoms with E-state index >= 15 is 0 Å². The Bertz CT molecular complexity index is 999. The van der Waals surface area contributed by atoms with Gasteiger partial charge in [-0.15, -0.1) is 5.10 Å². The molecular formula is C17H11BrF2N2O4. The molecule has 0 bridgehead atoms. The Kier molecular flexibility index (Phi) is 5.27. The van der Waals surface area contributed by atoms with Gasteiger partial charge in [0, 0.05) is 15.6 Å². The van der Waals surface area contributed by atoms with Gasteiger partial charge in [-0.05, 0) is 36.4 Å². The maximum absolute atomic E-state index is 13.7. The van der Waals surface area contributed by atoms with Gasteiger partial charge in [-0.25, -0.2) is 13.6 Å². The van der Waals surface area contributed by atoms with E-state index in [1.807, 2.05) is 0 Å². The molecule has 1 heterocycles. The predicted octanol–water partition coefficient (Wildman–Crippen LogP) is 3.29. The van der Waals surface area contributed by atoms with Crippen LogP contribution in [0.5, 0.6) is 0 Å². The van der Waals surface area contributed by atoms with E-state index in [1.54, 1.807) is 6.07 Å². The molecule has 0 radical (unpaired) electrons. The summed E-state index contributed by atoms with van der Waals surface area (Å²) in [6.45, 7) is -0.781. The summed E-state index contributed by atoms with van der Waals surface area (Å²) in [5.74, 6) is -2.67. The van der Waals surface area contributed by atoms with Crippen LogP contribution in [0.25, 0.3) is 11.5 Å². The number of carbonyl (C=O) groups is 1. The Morgan fingerprint density at radius 2 is 1.92 bits per heavy atom. The largest absolute Gasteiger partial charge is 0.459 e. The molecule has 6 nitrogen and oxygen atoms in total. The molecule has 0 amide bonds. The average Bonchev–Trinajstić information content (AvgIpc) is 2.95. The fourth-order valence-corrected chi connectivity index (χ4v) is 2.41. The molecule has 0 spiro atoms. The molecule has 0 saturated heterocycles. The number of rotatable bonds is 5. The van der Waals surface area contributed by atoms with Gasteiger partial charge in [0.05, 0.1) is 0 Å². The Balaban J connectivity index is 1.66. The third-order valence-corrected chi connectivity index (χ3v) is 3.87. The lowest BCUT2D eigenvalue weighted by Gasteiger charge is -2.05. The summed E-state index contributed by atoms with van der Waals surface area (Å²) >= 11 is 3.13. The van der Waals surface area contributed by atoms with Crippen LogP contribution in [-0.4, -0.2) is 15.7 Å². The SMILES string of the molecule is O=C(Cn1nc(-c2ccc(F)cc2)oc1=O)OCc1ccc(Br)cc1F. The van der Waals surface area contributed by atoms with Crippen molar-refractivity contribution in [2.45, 2.75) is 13.2 Å². The van der Waals surface area contributed by atoms with E-state index in [1.165, 1.54) is 36.4 Å². The third kappa shape index (κ3) is 4.23. The molecule has 3 rings (SSSR count). The Hall–Kier alpha value is -2.81. The molecule has 26 heavy (non-hydrogen) atoms. The van der Waals surface area contributed by atoms with E-state index in [9.17, 15) is 18.4 Å². The normalized spacial score (nSPS) is 10.7. The summed E-state index contributed by atoms with van der Waals surface area (Å²) in [6.07, 6.45) is 0. The maximum Gasteiger partial charge on any atom is 0.437 e. The van der Waals surface area contributed by atoms with Gasteiger partial charge in [0.15, 0.2) is 0 Å². The van der Waals surface area contributed by atoms with Crippen LogP contribution < -0.4 is 5.76 Å². The number of nitrogens with zero attached hydrogens (tertiary/aromatic N) is 2. The Morgan fingerprint density at radius 3 is 2.62 bits per heavy atom. The predicted molar refractivity (Wildman–Crippen MR) is 90.1 cm³/mol. The molecule has 0 atom stereocenters. The van der Waals surface area contributed by atoms with Crippen molar-refractivity contribution < 1.29 is 22.7 Å². The second kappa shape index (κ2) is 7.61. The molecule has 0 N–H and O–H groups in total. The first-order valence-corrected chi connectivity index (χ1v) is 8.15. The molecule has 0 aliphatic heterocycles. The lowest BCUT2D eigenvalue weighted by atomic mass is 10.2. The number of hydrogen-bond acceptors (Lipinski definition) is 5. The lowest BCUT2D eigenvalue weighted by molar-refractivity contribution is -0.146. The molecule has 0 saturated carbocycles. The zero-order chi connectivity index (χ0) is 18.7. The van der Waals surface area contributed by atoms with Crippen molar-refractivity contribution in [2.75, 3.05) is 0 Å². The molecule has 0 unspecified atom stereocenters. The lowest BCUT2D eigenvalue weighted by Crippen LogP contribution is -2.23. The molecular weight excluding hydrogens is 414 g/mol. The van der Waals surface area contributed by atoms with Crippen molar-refractivity contribution in [3.63, 3.8) is 0 Å². The standard InChI is InChI=1S/C17H11BrF2N2O4/c18-12-4-1-11(14(20)7-12)9-25-15(23)8-22-17(24)26-16(21-22)10-2-5-13(19)6-3-10/h1-7H,8-9H2. The van der Waals surface area contributed by atoms with Gasteiger partial charge in [0.1, 0.15) is 24.8 Å². The summed E-state index contributed by atoms with van der Waals surface area (Å²) < 4.78 is 37.8. The van der Waals surface area contributed by atoms with Gasteiger partial charge < -0.3 is 9.15 Å². The van der Waals surface area contributed by atoms with Gasteiger partial charge in [-0.1, -0.05) is 22.0 Å². The molecule has 0 aliphatic rings. The molecule has 9 heteroatoms. The highest BCUT2D eigenvalue weighted by molar-refractivity contribution is 9.10. The summed E-state index contributed by atoms with van der Waals surface area (Å²) in [5.41, 5.74) is 0.577. The van der Waals surface area contributed by atoms with Crippen LogP contribution >= 0.6 is 15.9 Å². The zero-order valence-electron chi connectivity index (χ0n) is 13.1. The van der Waals surface area contributed by atoms with E-state index in [4.69, 9.17) is 9.15 Å². The van der Waals surface area contributed by atoms with Gasteiger partial charge in [-0.2, -0.15) is 4.68 Å². The van der Waals surface area contributed by atoms with E-state index in [0.717, 1.165) is 4.68 Å². The molecule has 3 aromatic rings. The number of hydrogen-bond donors (Lipinski definition) is 0. The fraction of sp³-hybridized carbons (Fsp3) is 0.118. The summed E-state index contributed by atoms with van der Waals surface area (Å²) in [4.78, 5) is 23.6. The molecule has 0 fully saturated rings. The molecule has 0 aliphatic carbocycles. The van der Waals surface area contributed by atoms with Gasteiger partial charge >= 0.3 is 11.7 Å². The fourth-order valence-electron chi connectivity index (χ4n) is 2.08. The van der Waals surface area contributed by atoms with Crippen molar-refractivity contribution >= 4 is 21.9 Å². The summed E-state index contributed by atoms with van der Waals surface area (Å²) in [7, 11) is 0. The quantitative estimate of drug-likeness (QED) is 0.587. The molecule has 2 aromatic carbocycles. The van der Waals surface area contributed by atoms with E-state index in [-0.39, 0.29) is 18.1 Å². The van der Waals surface area contributed by atoms with Crippen LogP contribution in [-0.2, 0) is 22.7 Å². The van der Waals surface area contributed by atoms with Crippen molar-refractivity contribution in [1.29, 1.82) is 0 Å². The van der Waals surface area contributed by atoms with Gasteiger partial charge in [0.2, 0.25) is 5.89 Å². The number of carbonyl (C=O) groups excluding carboxylic acids is 1. The monoisotopic (exact) mass is 424 g/mol. The van der Waals surface area contributed by atoms with Gasteiger partial charge in [-0.3, -0.25) is 4.79 Å². The highest BCUT2D eigenvalue weighted by Crippen LogP contribution is 2.17. The second-order valence-corrected chi connectivity index (χ2v) is 6.15. The smallest absolute Gasteiger partial charge is 0.437 e. The minimum Gasteiger partial charge on any atom is -0.459 e. The van der Waals surface area contributed by atoms with Crippen LogP contribution in [0, 0.1) is 11.6 Å². The number of halogens is 3. The third-order valence-electron chi connectivity index (χ3n) is 3.38. The van der Waals surface area contributed by atoms with E-state index in [0.29, 0.717) is 10.0 Å². The average molecular weight is 425 g/mol. The van der Waals surface area contributed by atoms with Crippen molar-refractivity contribution in [3.8, 4) is 11.5 Å². The van der Waals surface area contributed by atoms with E-state index in [2.05, 4.69) is 21.0 Å². The number of benzene rings is 2. The van der Waals surface area contributed by atoms with E-state index < -0.39 is 29.9 Å². The van der Waals surface area contributed by atoms with Crippen LogP contribution in [0.4, 0.5) is 8.78 Å². The first-order chi connectivity index (χ1) is 12.4. The minimum atomic E-state index is -0.865. The van der Waals surface area contributed by atoms with Crippen molar-refractivity contribution in [1.82, 2.24) is 9.78 Å². The number of aromatic nitrogens is 2. The maximum atomic E-state index is 13.7. The highest BCUT2D eigenvalue weighted by atomic mass is 79.9. The Labute approximate surface area is 154 Å². The summed E-state index contributed by atoms with van der Waals surface area (Å²) in [6, 6.07) is 9.50. The second-order valence-electron chi connectivity index (χ2n) is 5.23. The minimum absolute atomic E-state index is 0.0539. The summed E-state index contributed by atoms with van der Waals surface area (Å²) in [5, 5.41) is 3.87. The van der Waals surface area contributed by atoms with Crippen LogP contribution in [0.15, 0.2) is 56.1 Å². The van der Waals surface area contributed by atoms with Crippen LogP contribution in [0.1, 0.15) is 5.56 Å². The van der Waals surface area contributed by atoms with Crippen molar-refractivity contribution in [3.05, 3.63) is 74.7 Å². The number of ether oxygens (including phenoxy) is 1. The van der Waals surface area contributed by atoms with Crippen molar-refractivity contribution in [2.24, 2.45) is 0 Å². The first-order valence-electron chi connectivity index (χ1n) is 7.36. The zero-order valence-corrected chi connectivity index (χ0v) is 14.7. The van der Waals surface area contributed by atoms with Crippen LogP contribution in [0.2, 0.25) is 0 Å². The van der Waals surface area contributed by atoms with Crippen LogP contribution in [0.3, 0.4) is 0 Å². The highest BCUT2D eigenvalue weighted by Gasteiger charge is 2.15. The van der Waals surface area contributed by atoms with Gasteiger partial charge in [0.25, 0.3) is 0 Å². The molecule has 1 aromatic heterocycles. The number of esters is 1. The Morgan fingerprint density at radius 1 is 1.19 bits per heavy atom.